The molecule has 1 saturated carbocycles. The summed E-state index contributed by atoms with van der Waals surface area (Å²) in [6, 6.07) is 4.37. The number of aryl methyl sites for hydroxylation is 1. The van der Waals surface area contributed by atoms with Gasteiger partial charge in [0.2, 0.25) is 0 Å². The van der Waals surface area contributed by atoms with Crippen LogP contribution < -0.4 is 0 Å². The van der Waals surface area contributed by atoms with E-state index in [1.807, 2.05) is 29.4 Å². The molecule has 24 heavy (non-hydrogen) atoms. The molecule has 0 N–H and O–H groups in total. The summed E-state index contributed by atoms with van der Waals surface area (Å²) in [5, 5.41) is 0. The van der Waals surface area contributed by atoms with Gasteiger partial charge in [0.25, 0.3) is 0 Å². The molecular formula is C18H21NO4S. The van der Waals surface area contributed by atoms with Gasteiger partial charge in [-0.3, -0.25) is 0 Å². The summed E-state index contributed by atoms with van der Waals surface area (Å²) in [6.07, 6.45) is 6.68. The molecule has 6 heteroatoms. The first-order chi connectivity index (χ1) is 11.6. The molecule has 3 rings (SSSR count). The smallest absolute Gasteiger partial charge is 0.336 e. The second kappa shape index (κ2) is 6.81. The fourth-order valence-corrected chi connectivity index (χ4v) is 3.97. The van der Waals surface area contributed by atoms with Crippen molar-refractivity contribution < 1.29 is 19.1 Å². The molecule has 1 aromatic heterocycles. The van der Waals surface area contributed by atoms with Crippen LogP contribution in [-0.4, -0.2) is 37.1 Å². The average Bonchev–Trinajstić information content (AvgIpc) is 3.36. The van der Waals surface area contributed by atoms with Crippen molar-refractivity contribution in [2.24, 2.45) is 0 Å². The number of rotatable bonds is 5. The molecular weight excluding hydrogens is 326 g/mol. The number of methoxy groups -OCH3 is 2. The number of nitrogens with zero attached hydrogens (tertiary/aromatic N) is 1. The van der Waals surface area contributed by atoms with Crippen molar-refractivity contribution in [3.63, 3.8) is 0 Å². The maximum absolute atomic E-state index is 12.4. The van der Waals surface area contributed by atoms with Gasteiger partial charge in [-0.2, -0.15) is 0 Å². The van der Waals surface area contributed by atoms with E-state index in [9.17, 15) is 9.59 Å². The molecule has 1 aromatic rings. The van der Waals surface area contributed by atoms with E-state index in [4.69, 9.17) is 9.47 Å². The molecule has 0 radical (unpaired) electrons. The Morgan fingerprint density at radius 2 is 1.71 bits per heavy atom. The van der Waals surface area contributed by atoms with E-state index in [2.05, 4.69) is 6.92 Å². The highest BCUT2D eigenvalue weighted by molar-refractivity contribution is 7.12. The van der Waals surface area contributed by atoms with Crippen LogP contribution in [0, 0.1) is 0 Å². The zero-order valence-electron chi connectivity index (χ0n) is 14.1. The standard InChI is InChI=1S/C18H21NO4S/c1-4-12-7-8-15(24-12)16-13(17(20)22-2)9-19(11-5-6-11)10-14(16)18(21)23-3/h7-11,16H,4-6H2,1-3H3. The number of hydrogen-bond acceptors (Lipinski definition) is 6. The topological polar surface area (TPSA) is 55.8 Å². The lowest BCUT2D eigenvalue weighted by molar-refractivity contribution is -0.137. The highest BCUT2D eigenvalue weighted by Gasteiger charge is 2.39. The first kappa shape index (κ1) is 16.8. The minimum absolute atomic E-state index is 0.347. The molecule has 128 valence electrons. The van der Waals surface area contributed by atoms with Gasteiger partial charge in [0.05, 0.1) is 31.3 Å². The van der Waals surface area contributed by atoms with Crippen molar-refractivity contribution >= 4 is 23.3 Å². The molecule has 0 aromatic carbocycles. The Morgan fingerprint density at radius 1 is 1.12 bits per heavy atom. The maximum atomic E-state index is 12.4. The number of thiophene rings is 1. The van der Waals surface area contributed by atoms with Crippen molar-refractivity contribution in [2.75, 3.05) is 14.2 Å². The van der Waals surface area contributed by atoms with Crippen molar-refractivity contribution in [1.82, 2.24) is 4.90 Å². The summed E-state index contributed by atoms with van der Waals surface area (Å²) in [6.45, 7) is 2.08. The minimum atomic E-state index is -0.440. The molecule has 0 unspecified atom stereocenters. The highest BCUT2D eigenvalue weighted by atomic mass is 32.1. The van der Waals surface area contributed by atoms with E-state index in [0.717, 1.165) is 24.1 Å². The van der Waals surface area contributed by atoms with Crippen LogP contribution >= 0.6 is 11.3 Å². The van der Waals surface area contributed by atoms with Crippen LogP contribution in [0.1, 0.15) is 35.4 Å². The zero-order chi connectivity index (χ0) is 17.3. The molecule has 1 aliphatic heterocycles. The number of carbonyl (C=O) groups excluding carboxylic acids is 2. The van der Waals surface area contributed by atoms with Gasteiger partial charge in [-0.25, -0.2) is 9.59 Å². The van der Waals surface area contributed by atoms with Crippen LogP contribution in [-0.2, 0) is 25.5 Å². The molecule has 2 aliphatic rings. The Morgan fingerprint density at radius 3 is 2.12 bits per heavy atom. The molecule has 0 spiro atoms. The van der Waals surface area contributed by atoms with Crippen LogP contribution in [0.5, 0.6) is 0 Å². The van der Waals surface area contributed by atoms with Crippen LogP contribution in [0.15, 0.2) is 35.7 Å². The van der Waals surface area contributed by atoms with Gasteiger partial charge in [-0.1, -0.05) is 6.92 Å². The zero-order valence-corrected chi connectivity index (χ0v) is 14.9. The molecule has 1 fully saturated rings. The van der Waals surface area contributed by atoms with Gasteiger partial charge in [-0.05, 0) is 31.4 Å². The lowest BCUT2D eigenvalue weighted by atomic mass is 9.88. The quantitative estimate of drug-likeness (QED) is 0.767. The Bertz CT molecular complexity index is 680. The largest absolute Gasteiger partial charge is 0.466 e. The van der Waals surface area contributed by atoms with E-state index < -0.39 is 17.9 Å². The first-order valence-corrected chi connectivity index (χ1v) is 8.86. The van der Waals surface area contributed by atoms with Gasteiger partial charge in [0.15, 0.2) is 0 Å². The van der Waals surface area contributed by atoms with Crippen molar-refractivity contribution in [2.45, 2.75) is 38.1 Å². The van der Waals surface area contributed by atoms with Gasteiger partial charge in [-0.15, -0.1) is 11.3 Å². The van der Waals surface area contributed by atoms with Gasteiger partial charge >= 0.3 is 11.9 Å². The predicted octanol–water partition coefficient (Wildman–Crippen LogP) is 2.99. The molecule has 0 bridgehead atoms. The van der Waals surface area contributed by atoms with E-state index in [0.29, 0.717) is 17.2 Å². The van der Waals surface area contributed by atoms with Crippen LogP contribution in [0.3, 0.4) is 0 Å². The second-order valence-corrected chi connectivity index (χ2v) is 7.12. The van der Waals surface area contributed by atoms with Crippen LogP contribution in [0.4, 0.5) is 0 Å². The minimum Gasteiger partial charge on any atom is -0.466 e. The summed E-state index contributed by atoms with van der Waals surface area (Å²) < 4.78 is 9.95. The van der Waals surface area contributed by atoms with E-state index >= 15 is 0 Å². The summed E-state index contributed by atoms with van der Waals surface area (Å²) in [5.74, 6) is -1.26. The number of ether oxygens (including phenoxy) is 2. The lowest BCUT2D eigenvalue weighted by Gasteiger charge is -2.29. The maximum Gasteiger partial charge on any atom is 0.336 e. The van der Waals surface area contributed by atoms with Crippen molar-refractivity contribution in [1.29, 1.82) is 0 Å². The second-order valence-electron chi connectivity index (χ2n) is 5.92. The monoisotopic (exact) mass is 347 g/mol. The fraction of sp³-hybridized carbons (Fsp3) is 0.444. The molecule has 5 nitrogen and oxygen atoms in total. The van der Waals surface area contributed by atoms with Crippen molar-refractivity contribution in [3.05, 3.63) is 45.4 Å². The van der Waals surface area contributed by atoms with E-state index in [1.165, 1.54) is 19.1 Å². The summed E-state index contributed by atoms with van der Waals surface area (Å²) in [4.78, 5) is 28.9. The Labute approximate surface area is 145 Å². The number of carbonyl (C=O) groups is 2. The van der Waals surface area contributed by atoms with Gasteiger partial charge in [0.1, 0.15) is 0 Å². The lowest BCUT2D eigenvalue weighted by Crippen LogP contribution is -2.29. The van der Waals surface area contributed by atoms with E-state index in [-0.39, 0.29) is 0 Å². The van der Waals surface area contributed by atoms with Gasteiger partial charge in [0, 0.05) is 28.2 Å². The molecule has 2 heterocycles. The third-order valence-electron chi connectivity index (χ3n) is 4.32. The van der Waals surface area contributed by atoms with Gasteiger partial charge < -0.3 is 14.4 Å². The third-order valence-corrected chi connectivity index (χ3v) is 5.62. The predicted molar refractivity (Wildman–Crippen MR) is 91.5 cm³/mol. The Kier molecular flexibility index (Phi) is 4.76. The summed E-state index contributed by atoms with van der Waals surface area (Å²) in [5.41, 5.74) is 0.966. The highest BCUT2D eigenvalue weighted by Crippen LogP contribution is 2.42. The van der Waals surface area contributed by atoms with Crippen LogP contribution in [0.25, 0.3) is 0 Å². The van der Waals surface area contributed by atoms with E-state index in [1.54, 1.807) is 11.3 Å². The SMILES string of the molecule is CCc1ccc(C2C(C(=O)OC)=CN(C3CC3)C=C2C(=O)OC)s1. The fourth-order valence-electron chi connectivity index (χ4n) is 2.88. The molecule has 0 amide bonds. The summed E-state index contributed by atoms with van der Waals surface area (Å²) >= 11 is 1.61. The molecule has 0 saturated heterocycles. The molecule has 0 atom stereocenters. The molecule has 1 aliphatic carbocycles. The Hall–Kier alpha value is -2.08. The normalized spacial score (nSPS) is 18.0. The number of esters is 2. The summed E-state index contributed by atoms with van der Waals surface area (Å²) in [7, 11) is 2.73. The van der Waals surface area contributed by atoms with Crippen molar-refractivity contribution in [3.8, 4) is 0 Å². The number of hydrogen-bond donors (Lipinski definition) is 0. The van der Waals surface area contributed by atoms with Crippen LogP contribution in [0.2, 0.25) is 0 Å². The Balaban J connectivity index is 2.07. The average molecular weight is 347 g/mol. The third kappa shape index (κ3) is 3.11. The first-order valence-electron chi connectivity index (χ1n) is 8.05.